The summed E-state index contributed by atoms with van der Waals surface area (Å²) < 4.78 is 22.2. The normalized spacial score (nSPS) is 24.5. The molecule has 1 aliphatic rings. The third-order valence-electron chi connectivity index (χ3n) is 3.14. The van der Waals surface area contributed by atoms with Gasteiger partial charge < -0.3 is 18.5 Å². The fraction of sp³-hybridized carbons (Fsp3) is 0.867. The summed E-state index contributed by atoms with van der Waals surface area (Å²) in [5.41, 5.74) is 0. The Balaban J connectivity index is 0.00000484. The maximum Gasteiger partial charge on any atom is 0.191 e. The zero-order chi connectivity index (χ0) is 16.4. The third kappa shape index (κ3) is 10.5. The van der Waals surface area contributed by atoms with Crippen molar-refractivity contribution in [3.63, 3.8) is 0 Å². The number of ether oxygens (including phenoxy) is 2. The smallest absolute Gasteiger partial charge is 0.191 e. The number of hydrogen-bond donors (Lipinski definition) is 0. The van der Waals surface area contributed by atoms with E-state index < -0.39 is 0 Å². The average molecular weight is 535 g/mol. The Kier molecular flexibility index (Phi) is 14.8. The summed E-state index contributed by atoms with van der Waals surface area (Å²) in [5.74, 6) is 0.776. The molecule has 0 radical (unpaired) electrons. The zero-order valence-electron chi connectivity index (χ0n) is 14.3. The summed E-state index contributed by atoms with van der Waals surface area (Å²) in [5, 5.41) is 0.212. The van der Waals surface area contributed by atoms with Crippen molar-refractivity contribution < 1.29 is 44.4 Å². The van der Waals surface area contributed by atoms with Crippen LogP contribution in [-0.2, 0) is 44.4 Å². The third-order valence-corrected chi connectivity index (χ3v) is 4.95. The van der Waals surface area contributed by atoms with E-state index in [0.29, 0.717) is 25.6 Å². The molecule has 1 heterocycles. The van der Waals surface area contributed by atoms with Gasteiger partial charge in [-0.2, -0.15) is 0 Å². The first-order valence-corrected chi connectivity index (χ1v) is 9.62. The predicted molar refractivity (Wildman–Crippen MR) is 91.2 cm³/mol. The molecule has 0 aromatic heterocycles. The summed E-state index contributed by atoms with van der Waals surface area (Å²) in [7, 11) is -0.000952. The van der Waals surface area contributed by atoms with Crippen LogP contribution in [0.1, 0.15) is 34.1 Å². The molecule has 1 rings (SSSR count). The Morgan fingerprint density at radius 2 is 2.09 bits per heavy atom. The molecule has 23 heavy (non-hydrogen) atoms. The maximum atomic E-state index is 11.4. The molecule has 1 fully saturated rings. The number of hydrogen-bond acceptors (Lipinski definition) is 6. The first kappa shape index (κ1) is 24.0. The standard InChI is InChI=1S/C15H28O5PS.W/c1-5-13-14(10-12(4)19-13)20-21-18-7-6-17-8-9-22-15(16)11(2)3;/h10-14,21H,5-9H2,1-4H3;/q-1;. The van der Waals surface area contributed by atoms with Crippen LogP contribution in [0.4, 0.5) is 0 Å². The van der Waals surface area contributed by atoms with Crippen molar-refractivity contribution in [1.82, 2.24) is 0 Å². The van der Waals surface area contributed by atoms with Gasteiger partial charge >= 0.3 is 0 Å². The van der Waals surface area contributed by atoms with Crippen molar-refractivity contribution in [1.29, 1.82) is 0 Å². The van der Waals surface area contributed by atoms with Crippen molar-refractivity contribution in [2.45, 2.75) is 52.4 Å². The van der Waals surface area contributed by atoms with E-state index in [1.54, 1.807) is 0 Å². The van der Waals surface area contributed by atoms with Gasteiger partial charge in [-0.15, -0.1) is 0 Å². The second-order valence-corrected chi connectivity index (χ2v) is 7.22. The van der Waals surface area contributed by atoms with Crippen LogP contribution in [0.15, 0.2) is 0 Å². The fourth-order valence-electron chi connectivity index (χ4n) is 1.94. The molecule has 0 aromatic rings. The topological polar surface area (TPSA) is 54.0 Å². The SMILES string of the molecule is CCC1OC(C)[CH-]C1OPOCCOCCSC(=O)C(C)C.[W]. The van der Waals surface area contributed by atoms with E-state index >= 15 is 0 Å². The van der Waals surface area contributed by atoms with Gasteiger partial charge in [0.25, 0.3) is 0 Å². The van der Waals surface area contributed by atoms with E-state index in [1.165, 1.54) is 11.8 Å². The van der Waals surface area contributed by atoms with E-state index in [1.807, 2.05) is 20.8 Å². The molecule has 4 unspecified atom stereocenters. The summed E-state index contributed by atoms with van der Waals surface area (Å²) in [4.78, 5) is 11.4. The Morgan fingerprint density at radius 1 is 1.35 bits per heavy atom. The van der Waals surface area contributed by atoms with E-state index in [9.17, 15) is 4.79 Å². The molecule has 0 bridgehead atoms. The molecule has 0 aliphatic carbocycles. The molecule has 1 aliphatic heterocycles. The second-order valence-electron chi connectivity index (χ2n) is 5.43. The monoisotopic (exact) mass is 535 g/mol. The molecular weight excluding hydrogens is 507 g/mol. The molecule has 1 saturated heterocycles. The van der Waals surface area contributed by atoms with Crippen LogP contribution in [0.25, 0.3) is 0 Å². The quantitative estimate of drug-likeness (QED) is 0.230. The minimum absolute atomic E-state index is 0. The van der Waals surface area contributed by atoms with Crippen molar-refractivity contribution in [3.8, 4) is 0 Å². The molecule has 5 nitrogen and oxygen atoms in total. The molecule has 0 aromatic carbocycles. The summed E-state index contributed by atoms with van der Waals surface area (Å²) in [6, 6.07) is 0. The van der Waals surface area contributed by atoms with Crippen molar-refractivity contribution in [3.05, 3.63) is 6.42 Å². The minimum atomic E-state index is -0.000952. The minimum Gasteiger partial charge on any atom is -0.407 e. The molecular formula is C15H28O5PSW-. The van der Waals surface area contributed by atoms with E-state index in [4.69, 9.17) is 18.5 Å². The molecule has 8 heteroatoms. The molecule has 0 amide bonds. The number of thioether (sulfide) groups is 1. The van der Waals surface area contributed by atoms with Crippen molar-refractivity contribution >= 4 is 25.9 Å². The van der Waals surface area contributed by atoms with E-state index in [0.717, 1.165) is 6.42 Å². The van der Waals surface area contributed by atoms with Gasteiger partial charge in [0.1, 0.15) is 0 Å². The molecule has 4 atom stereocenters. The number of carbonyl (C=O) groups excluding carboxylic acids is 1. The van der Waals surface area contributed by atoms with Crippen LogP contribution < -0.4 is 0 Å². The molecule has 136 valence electrons. The average Bonchev–Trinajstić information content (AvgIpc) is 2.85. The molecule has 0 spiro atoms. The maximum absolute atomic E-state index is 11.4. The predicted octanol–water partition coefficient (Wildman–Crippen LogP) is 3.23. The van der Waals surface area contributed by atoms with Crippen LogP contribution in [0.5, 0.6) is 0 Å². The van der Waals surface area contributed by atoms with Gasteiger partial charge in [0.05, 0.1) is 25.9 Å². The van der Waals surface area contributed by atoms with Gasteiger partial charge in [0.15, 0.2) is 14.1 Å². The summed E-state index contributed by atoms with van der Waals surface area (Å²) >= 11 is 1.33. The van der Waals surface area contributed by atoms with Crippen molar-refractivity contribution in [2.75, 3.05) is 25.6 Å². The van der Waals surface area contributed by atoms with E-state index in [-0.39, 0.29) is 59.4 Å². The Bertz CT molecular complexity index is 322. The Morgan fingerprint density at radius 3 is 2.74 bits per heavy atom. The zero-order valence-corrected chi connectivity index (χ0v) is 19.0. The fourth-order valence-corrected chi connectivity index (χ4v) is 3.25. The van der Waals surface area contributed by atoms with Gasteiger partial charge in [-0.1, -0.05) is 45.6 Å². The molecule has 0 N–H and O–H groups in total. The Hall–Kier alpha value is 0.978. The summed E-state index contributed by atoms with van der Waals surface area (Å²) in [6.45, 7) is 9.50. The van der Waals surface area contributed by atoms with E-state index in [2.05, 4.69) is 13.3 Å². The van der Waals surface area contributed by atoms with Crippen molar-refractivity contribution in [2.24, 2.45) is 5.92 Å². The van der Waals surface area contributed by atoms with Crippen LogP contribution >= 0.6 is 20.8 Å². The van der Waals surface area contributed by atoms with Gasteiger partial charge in [0, 0.05) is 32.7 Å². The van der Waals surface area contributed by atoms with Gasteiger partial charge in [0.2, 0.25) is 0 Å². The second kappa shape index (κ2) is 14.2. The van der Waals surface area contributed by atoms with Gasteiger partial charge in [-0.25, -0.2) is 0 Å². The number of carbonyl (C=O) groups is 1. The first-order chi connectivity index (χ1) is 10.5. The number of rotatable bonds is 11. The van der Waals surface area contributed by atoms with Crippen LogP contribution in [0.3, 0.4) is 0 Å². The van der Waals surface area contributed by atoms with Crippen LogP contribution in [0, 0.1) is 12.3 Å². The first-order valence-electron chi connectivity index (χ1n) is 7.81. The van der Waals surface area contributed by atoms with Gasteiger partial charge in [-0.3, -0.25) is 11.2 Å². The van der Waals surface area contributed by atoms with Crippen LogP contribution in [0.2, 0.25) is 0 Å². The summed E-state index contributed by atoms with van der Waals surface area (Å²) in [6.07, 6.45) is 3.32. The van der Waals surface area contributed by atoms with Crippen LogP contribution in [-0.4, -0.2) is 49.0 Å². The van der Waals surface area contributed by atoms with Gasteiger partial charge in [-0.05, 0) is 12.5 Å². The Labute approximate surface area is 160 Å². The largest absolute Gasteiger partial charge is 0.407 e. The molecule has 0 saturated carbocycles.